The molecule has 0 saturated carbocycles. The first-order valence-electron chi connectivity index (χ1n) is 7.08. The Balaban J connectivity index is 1.89. The second-order valence-corrected chi connectivity index (χ2v) is 5.28. The first-order valence-corrected chi connectivity index (χ1v) is 7.08. The van der Waals surface area contributed by atoms with Crippen LogP contribution in [0.5, 0.6) is 5.75 Å². The number of ether oxygens (including phenoxy) is 1. The molecule has 21 heavy (non-hydrogen) atoms. The summed E-state index contributed by atoms with van der Waals surface area (Å²) >= 11 is 0. The predicted molar refractivity (Wildman–Crippen MR) is 80.0 cm³/mol. The van der Waals surface area contributed by atoms with Crippen LogP contribution in [0.1, 0.15) is 12.8 Å². The Bertz CT molecular complexity index is 620. The number of nitrogens with two attached hydrogens (primary N) is 1. The zero-order chi connectivity index (χ0) is 14.8. The second kappa shape index (κ2) is 5.73. The van der Waals surface area contributed by atoms with Crippen molar-refractivity contribution in [1.29, 1.82) is 0 Å². The highest BCUT2D eigenvalue weighted by atomic mass is 19.1. The third kappa shape index (κ3) is 2.71. The molecule has 3 N–H and O–H groups in total. The van der Waals surface area contributed by atoms with Gasteiger partial charge in [0.15, 0.2) is 5.82 Å². The molecule has 2 heterocycles. The van der Waals surface area contributed by atoms with Crippen LogP contribution in [0.4, 0.5) is 10.2 Å². The zero-order valence-corrected chi connectivity index (χ0v) is 12.0. The Hall–Kier alpha value is -2.08. The molecule has 1 aliphatic rings. The topological polar surface area (TPSA) is 67.2 Å². The lowest BCUT2D eigenvalue weighted by Crippen LogP contribution is -2.39. The van der Waals surface area contributed by atoms with Gasteiger partial charge in [-0.25, -0.2) is 4.39 Å². The molecular weight excluding hydrogens is 271 g/mol. The molecule has 0 unspecified atom stereocenters. The van der Waals surface area contributed by atoms with Crippen LogP contribution in [0, 0.1) is 5.82 Å². The largest absolute Gasteiger partial charge is 0.496 e. The van der Waals surface area contributed by atoms with Crippen molar-refractivity contribution < 1.29 is 9.13 Å². The van der Waals surface area contributed by atoms with Gasteiger partial charge in [0.05, 0.1) is 18.4 Å². The number of hydrogen-bond donors (Lipinski definition) is 2. The molecule has 1 saturated heterocycles. The number of halogens is 1. The Kier molecular flexibility index (Phi) is 3.79. The molecule has 2 aromatic rings. The number of rotatable bonds is 3. The number of piperidine rings is 1. The van der Waals surface area contributed by atoms with E-state index in [4.69, 9.17) is 10.5 Å². The van der Waals surface area contributed by atoms with Gasteiger partial charge in [-0.15, -0.1) is 0 Å². The number of anilines is 1. The van der Waals surface area contributed by atoms with E-state index in [1.165, 1.54) is 13.2 Å². The molecule has 112 valence electrons. The number of aromatic amines is 1. The van der Waals surface area contributed by atoms with Crippen molar-refractivity contribution >= 4 is 5.82 Å². The number of hydrogen-bond acceptors (Lipinski definition) is 4. The smallest absolute Gasteiger partial charge is 0.150 e. The van der Waals surface area contributed by atoms with E-state index >= 15 is 0 Å². The van der Waals surface area contributed by atoms with Crippen LogP contribution < -0.4 is 15.4 Å². The van der Waals surface area contributed by atoms with Crippen molar-refractivity contribution in [1.82, 2.24) is 10.2 Å². The van der Waals surface area contributed by atoms with Crippen LogP contribution in [0.15, 0.2) is 24.3 Å². The molecule has 1 aromatic heterocycles. The number of methoxy groups -OCH3 is 1. The van der Waals surface area contributed by atoms with E-state index in [1.807, 2.05) is 6.07 Å². The molecule has 3 rings (SSSR count). The summed E-state index contributed by atoms with van der Waals surface area (Å²) in [5.74, 6) is 0.985. The number of benzene rings is 1. The molecule has 0 aliphatic carbocycles. The number of aromatic nitrogens is 2. The molecule has 0 atom stereocenters. The Morgan fingerprint density at radius 1 is 1.38 bits per heavy atom. The molecule has 0 radical (unpaired) electrons. The third-order valence-electron chi connectivity index (χ3n) is 3.89. The minimum Gasteiger partial charge on any atom is -0.496 e. The van der Waals surface area contributed by atoms with E-state index in [9.17, 15) is 4.39 Å². The molecule has 1 aliphatic heterocycles. The monoisotopic (exact) mass is 290 g/mol. The summed E-state index contributed by atoms with van der Waals surface area (Å²) in [6.45, 7) is 1.75. The Morgan fingerprint density at radius 3 is 2.86 bits per heavy atom. The Labute approximate surface area is 122 Å². The number of nitrogens with zero attached hydrogens (tertiary/aromatic N) is 2. The average molecular weight is 290 g/mol. The highest BCUT2D eigenvalue weighted by Gasteiger charge is 2.20. The van der Waals surface area contributed by atoms with Crippen molar-refractivity contribution in [3.05, 3.63) is 30.1 Å². The fourth-order valence-electron chi connectivity index (χ4n) is 2.67. The highest BCUT2D eigenvalue weighted by Crippen LogP contribution is 2.33. The summed E-state index contributed by atoms with van der Waals surface area (Å²) in [6, 6.07) is 6.90. The van der Waals surface area contributed by atoms with Gasteiger partial charge >= 0.3 is 0 Å². The number of nitrogens with one attached hydrogen (secondary N) is 1. The first kappa shape index (κ1) is 13.9. The van der Waals surface area contributed by atoms with Crippen LogP contribution in [0.3, 0.4) is 0 Å². The maximum Gasteiger partial charge on any atom is 0.150 e. The van der Waals surface area contributed by atoms with Crippen molar-refractivity contribution in [3.8, 4) is 17.0 Å². The van der Waals surface area contributed by atoms with Gasteiger partial charge in [0, 0.05) is 25.2 Å². The molecule has 0 bridgehead atoms. The quantitative estimate of drug-likeness (QED) is 0.909. The summed E-state index contributed by atoms with van der Waals surface area (Å²) in [4.78, 5) is 2.16. The molecule has 6 heteroatoms. The summed E-state index contributed by atoms with van der Waals surface area (Å²) in [5.41, 5.74) is 6.94. The predicted octanol–water partition coefficient (Wildman–Crippen LogP) is 2.15. The van der Waals surface area contributed by atoms with Gasteiger partial charge in [-0.3, -0.25) is 5.10 Å². The highest BCUT2D eigenvalue weighted by molar-refractivity contribution is 5.70. The van der Waals surface area contributed by atoms with Gasteiger partial charge in [-0.2, -0.15) is 5.10 Å². The van der Waals surface area contributed by atoms with Gasteiger partial charge in [0.1, 0.15) is 11.6 Å². The molecule has 1 aromatic carbocycles. The van der Waals surface area contributed by atoms with E-state index in [0.29, 0.717) is 17.0 Å². The maximum atomic E-state index is 14.1. The van der Waals surface area contributed by atoms with E-state index in [0.717, 1.165) is 31.7 Å². The number of H-pyrrole nitrogens is 1. The summed E-state index contributed by atoms with van der Waals surface area (Å²) in [7, 11) is 1.53. The van der Waals surface area contributed by atoms with Crippen molar-refractivity contribution in [2.45, 2.75) is 18.9 Å². The van der Waals surface area contributed by atoms with Gasteiger partial charge in [-0.1, -0.05) is 6.07 Å². The lowest BCUT2D eigenvalue weighted by Gasteiger charge is -2.29. The van der Waals surface area contributed by atoms with Crippen LogP contribution in [0.2, 0.25) is 0 Å². The minimum atomic E-state index is -0.329. The third-order valence-corrected chi connectivity index (χ3v) is 3.89. The van der Waals surface area contributed by atoms with Crippen LogP contribution in [-0.2, 0) is 0 Å². The molecule has 0 spiro atoms. The van der Waals surface area contributed by atoms with E-state index in [1.54, 1.807) is 12.1 Å². The Morgan fingerprint density at radius 2 is 2.14 bits per heavy atom. The molecule has 5 nitrogen and oxygen atoms in total. The van der Waals surface area contributed by atoms with Crippen LogP contribution in [0.25, 0.3) is 11.3 Å². The first-order chi connectivity index (χ1) is 10.2. The van der Waals surface area contributed by atoms with Crippen LogP contribution >= 0.6 is 0 Å². The van der Waals surface area contributed by atoms with E-state index in [2.05, 4.69) is 15.1 Å². The molecule has 1 fully saturated rings. The van der Waals surface area contributed by atoms with Gasteiger partial charge in [-0.05, 0) is 25.0 Å². The van der Waals surface area contributed by atoms with E-state index in [-0.39, 0.29) is 11.9 Å². The lowest BCUT2D eigenvalue weighted by atomic mass is 10.1. The maximum absolute atomic E-state index is 14.1. The van der Waals surface area contributed by atoms with E-state index < -0.39 is 0 Å². The summed E-state index contributed by atoms with van der Waals surface area (Å²) in [5, 5.41) is 7.20. The molecular formula is C15H19FN4O. The normalized spacial score (nSPS) is 16.2. The minimum absolute atomic E-state index is 0.270. The summed E-state index contributed by atoms with van der Waals surface area (Å²) < 4.78 is 19.3. The SMILES string of the molecule is COc1cccc(F)c1-c1cc(N2CCC(N)CC2)n[nH]1. The lowest BCUT2D eigenvalue weighted by molar-refractivity contribution is 0.413. The van der Waals surface area contributed by atoms with Crippen LogP contribution in [-0.4, -0.2) is 36.4 Å². The van der Waals surface area contributed by atoms with Gasteiger partial charge < -0.3 is 15.4 Å². The fourth-order valence-corrected chi connectivity index (χ4v) is 2.67. The standard InChI is InChI=1S/C15H19FN4O/c1-21-13-4-2-3-11(16)15(13)12-9-14(19-18-12)20-7-5-10(17)6-8-20/h2-4,9-10H,5-8,17H2,1H3,(H,18,19). The van der Waals surface area contributed by atoms with Gasteiger partial charge in [0.2, 0.25) is 0 Å². The average Bonchev–Trinajstić information content (AvgIpc) is 2.97. The zero-order valence-electron chi connectivity index (χ0n) is 12.0. The summed E-state index contributed by atoms with van der Waals surface area (Å²) in [6.07, 6.45) is 1.90. The molecule has 0 amide bonds. The van der Waals surface area contributed by atoms with Crippen molar-refractivity contribution in [2.75, 3.05) is 25.1 Å². The second-order valence-electron chi connectivity index (χ2n) is 5.28. The van der Waals surface area contributed by atoms with Crippen molar-refractivity contribution in [2.24, 2.45) is 5.73 Å². The van der Waals surface area contributed by atoms with Gasteiger partial charge in [0.25, 0.3) is 0 Å². The van der Waals surface area contributed by atoms with Crippen molar-refractivity contribution in [3.63, 3.8) is 0 Å². The fraction of sp³-hybridized carbons (Fsp3) is 0.400.